The van der Waals surface area contributed by atoms with Crippen molar-refractivity contribution in [3.63, 3.8) is 0 Å². The minimum Gasteiger partial charge on any atom is -0.389 e. The third kappa shape index (κ3) is 288. The molecule has 36 heavy (non-hydrogen) atoms. The average molecular weight is 521 g/mol. The van der Waals surface area contributed by atoms with Crippen molar-refractivity contribution in [1.82, 2.24) is 16.1 Å². The highest BCUT2D eigenvalue weighted by Crippen LogP contribution is 1.74. The molecule has 0 bridgehead atoms. The number of hydrogen-bond donors (Lipinski definition) is 3. The quantitative estimate of drug-likeness (QED) is 0.142. The van der Waals surface area contributed by atoms with Gasteiger partial charge in [-0.2, -0.15) is 5.10 Å². The third-order valence-corrected chi connectivity index (χ3v) is 1.60. The van der Waals surface area contributed by atoms with Crippen LogP contribution >= 0.6 is 0 Å². The van der Waals surface area contributed by atoms with Gasteiger partial charge in [0.05, 0.1) is 6.34 Å². The van der Waals surface area contributed by atoms with Crippen molar-refractivity contribution in [2.45, 2.75) is 157 Å². The summed E-state index contributed by atoms with van der Waals surface area (Å²) < 4.78 is 0. The lowest BCUT2D eigenvalue weighted by Gasteiger charge is -2.00. The first-order chi connectivity index (χ1) is 15.8. The van der Waals surface area contributed by atoms with E-state index in [-0.39, 0.29) is 29.5 Å². The summed E-state index contributed by atoms with van der Waals surface area (Å²) in [5.41, 5.74) is 2.86. The van der Waals surface area contributed by atoms with E-state index in [1.807, 2.05) is 123 Å². The summed E-state index contributed by atoms with van der Waals surface area (Å²) >= 11 is 0. The van der Waals surface area contributed by atoms with Gasteiger partial charge in [0, 0.05) is 60.9 Å². The predicted octanol–water partition coefficient (Wildman–Crippen LogP) is 8.90. The van der Waals surface area contributed by atoms with E-state index >= 15 is 0 Å². The molecular weight excluding hydrogens is 439 g/mol. The van der Waals surface area contributed by atoms with Gasteiger partial charge < -0.3 is 16.1 Å². The van der Waals surface area contributed by atoms with Crippen LogP contribution in [0.25, 0.3) is 0 Å². The number of hydrogen-bond acceptors (Lipinski definition) is 4. The second kappa shape index (κ2) is 129. The van der Waals surface area contributed by atoms with E-state index in [0.29, 0.717) is 18.1 Å². The zero-order valence-electron chi connectivity index (χ0n) is 29.2. The van der Waals surface area contributed by atoms with E-state index in [2.05, 4.69) is 53.8 Å². The third-order valence-electron chi connectivity index (χ3n) is 1.60. The predicted molar refractivity (Wildman–Crippen MR) is 190 cm³/mol. The summed E-state index contributed by atoms with van der Waals surface area (Å²) in [5.74, 6) is 0. The highest BCUT2D eigenvalue weighted by molar-refractivity contribution is 5.76. The first kappa shape index (κ1) is 76.5. The van der Waals surface area contributed by atoms with E-state index < -0.39 is 0 Å². The monoisotopic (exact) mass is 522 g/mol. The van der Waals surface area contributed by atoms with Gasteiger partial charge in [0.25, 0.3) is 0 Å². The van der Waals surface area contributed by atoms with Crippen LogP contribution in [0.1, 0.15) is 143 Å². The van der Waals surface area contributed by atoms with Crippen molar-refractivity contribution in [2.75, 3.05) is 7.05 Å². The zero-order valence-corrected chi connectivity index (χ0v) is 29.2. The standard InChI is InChI=1S/C6H13N.2C5H12N2.6C2H6.3B.3H2/c1-4-5-7-6(2)3;1-5(2)7-4-6-3;1-4-6-7-5(2)3;6*1-2;;;;;;/h4-7H,1-3H3;4-5H,1-3H3,(H,6,7);4-5,7H,1-3H3;6*1-2H3;;;;3*1H/b5-4-;;6-4-;;;;;;;;;;;;/i;;;;;;;;;;;;3*1+1. The van der Waals surface area contributed by atoms with E-state index in [1.165, 1.54) is 0 Å². The second-order valence-corrected chi connectivity index (χ2v) is 5.20. The molecule has 0 saturated heterocycles. The molecule has 0 aliphatic rings. The largest absolute Gasteiger partial charge is 0.389 e. The molecule has 8 heteroatoms. The Kier molecular flexibility index (Phi) is 275. The molecule has 0 aliphatic heterocycles. The van der Waals surface area contributed by atoms with Crippen LogP contribution in [0.15, 0.2) is 22.4 Å². The fourth-order valence-corrected chi connectivity index (χ4v) is 0.736. The van der Waals surface area contributed by atoms with Crippen LogP contribution in [0.4, 0.5) is 0 Å². The lowest BCUT2D eigenvalue weighted by molar-refractivity contribution is 0.622. The smallest absolute Gasteiger partial charge is 0.0822 e. The number of rotatable bonds is 6. The van der Waals surface area contributed by atoms with Crippen molar-refractivity contribution in [1.29, 1.82) is 0 Å². The number of nitrogens with one attached hydrogen (secondary N) is 3. The van der Waals surface area contributed by atoms with Gasteiger partial charge in [-0.1, -0.05) is 89.2 Å². The summed E-state index contributed by atoms with van der Waals surface area (Å²) in [6.45, 7) is 40.3. The van der Waals surface area contributed by atoms with Crippen LogP contribution in [0.2, 0.25) is 0 Å². The summed E-state index contributed by atoms with van der Waals surface area (Å²) in [4.78, 5) is 3.74. The fraction of sp³-hybridized carbons (Fsp3) is 0.857. The van der Waals surface area contributed by atoms with Crippen molar-refractivity contribution in [3.05, 3.63) is 12.3 Å². The molecule has 0 rings (SSSR count). The molecule has 225 valence electrons. The average Bonchev–Trinajstić information content (AvgIpc) is 2.88. The normalized spacial score (nSPS) is 7.33. The molecule has 5 nitrogen and oxygen atoms in total. The molecule has 0 atom stereocenters. The topological polar surface area (TPSA) is 60.8 Å². The molecule has 0 fully saturated rings. The minimum atomic E-state index is 0. The van der Waals surface area contributed by atoms with E-state index in [9.17, 15) is 0 Å². The van der Waals surface area contributed by atoms with Gasteiger partial charge in [0.2, 0.25) is 0 Å². The molecule has 0 unspecified atom stereocenters. The molecule has 0 amide bonds. The Morgan fingerprint density at radius 1 is 0.556 bits per heavy atom. The lowest BCUT2D eigenvalue weighted by Crippen LogP contribution is -2.19. The first-order valence-corrected chi connectivity index (χ1v) is 13.6. The van der Waals surface area contributed by atoms with Crippen LogP contribution in [0.5, 0.6) is 0 Å². The van der Waals surface area contributed by atoms with Crippen molar-refractivity contribution in [3.8, 4) is 0 Å². The Bertz CT molecular complexity index is 246. The fourth-order valence-electron chi connectivity index (χ4n) is 0.736. The molecule has 0 aromatic rings. The Labute approximate surface area is 244 Å². The van der Waals surface area contributed by atoms with Gasteiger partial charge >= 0.3 is 0 Å². The Morgan fingerprint density at radius 2 is 0.861 bits per heavy atom. The van der Waals surface area contributed by atoms with Crippen molar-refractivity contribution < 1.29 is 4.28 Å². The molecule has 0 saturated carbocycles. The van der Waals surface area contributed by atoms with Gasteiger partial charge in [-0.15, -0.1) is 0 Å². The minimum absolute atomic E-state index is 0. The number of nitrogens with zero attached hydrogens (tertiary/aromatic N) is 2. The highest BCUT2D eigenvalue weighted by Gasteiger charge is 1.81. The van der Waals surface area contributed by atoms with Crippen molar-refractivity contribution >= 4 is 37.8 Å². The maximum Gasteiger partial charge on any atom is 0.0822 e. The molecule has 0 heterocycles. The van der Waals surface area contributed by atoms with Crippen LogP contribution in [0.3, 0.4) is 0 Å². The Balaban J connectivity index is -0.0000000134. The van der Waals surface area contributed by atoms with Gasteiger partial charge in [0.15, 0.2) is 0 Å². The molecule has 9 radical (unpaired) electrons. The second-order valence-electron chi connectivity index (χ2n) is 5.20. The summed E-state index contributed by atoms with van der Waals surface area (Å²) in [7, 11) is 1.75. The van der Waals surface area contributed by atoms with Gasteiger partial charge in [-0.05, 0) is 61.6 Å². The summed E-state index contributed by atoms with van der Waals surface area (Å²) in [6, 6.07) is 1.52. The van der Waals surface area contributed by atoms with Crippen LogP contribution < -0.4 is 16.1 Å². The first-order valence-electron chi connectivity index (χ1n) is 13.6. The lowest BCUT2D eigenvalue weighted by atomic mass is 10.4. The molecular formula is C28H79B3N5. The summed E-state index contributed by atoms with van der Waals surface area (Å²) in [5, 5.41) is 9.91. The number of aliphatic imine (C=N–C) groups is 1. The maximum atomic E-state index is 3.80. The number of allylic oxidation sites excluding steroid dienone is 1. The SMILES string of the molecule is C/C=C\NC(C)C.C/C=N\NC(C)C.CC.CC.CC.CC.CC.CC.CN=CNC(C)C.[2HH].[2HH].[2HH].[B].[B].[B]. The molecule has 0 aromatic heterocycles. The molecule has 3 N–H and O–H groups in total. The Morgan fingerprint density at radius 3 is 0.944 bits per heavy atom. The van der Waals surface area contributed by atoms with Gasteiger partial charge in [0.1, 0.15) is 0 Å². The van der Waals surface area contributed by atoms with E-state index in [1.54, 1.807) is 19.6 Å². The molecule has 0 aromatic carbocycles. The molecule has 0 aliphatic carbocycles. The van der Waals surface area contributed by atoms with Crippen LogP contribution in [-0.2, 0) is 0 Å². The Hall–Kier alpha value is -1.33. The van der Waals surface area contributed by atoms with Gasteiger partial charge in [-0.25, -0.2) is 0 Å². The zero-order chi connectivity index (χ0) is 29.1. The van der Waals surface area contributed by atoms with Gasteiger partial charge in [-0.3, -0.25) is 4.99 Å². The molecule has 0 spiro atoms. The van der Waals surface area contributed by atoms with Crippen molar-refractivity contribution in [2.24, 2.45) is 10.1 Å². The van der Waals surface area contributed by atoms with E-state index in [4.69, 9.17) is 0 Å². The number of hydrazone groups is 1. The summed E-state index contributed by atoms with van der Waals surface area (Å²) in [6.07, 6.45) is 7.37. The highest BCUT2D eigenvalue weighted by atomic mass is 15.3. The van der Waals surface area contributed by atoms with Crippen LogP contribution in [-0.4, -0.2) is 63.0 Å². The van der Waals surface area contributed by atoms with E-state index in [0.717, 1.165) is 0 Å². The maximum absolute atomic E-state index is 3.80. The van der Waals surface area contributed by atoms with Crippen LogP contribution in [0, 0.1) is 0 Å².